The summed E-state index contributed by atoms with van der Waals surface area (Å²) in [5.74, 6) is 1.59. The van der Waals surface area contributed by atoms with Crippen molar-refractivity contribution in [1.82, 2.24) is 14.5 Å². The molecule has 0 N–H and O–H groups in total. The fourth-order valence-corrected chi connectivity index (χ4v) is 5.59. The smallest absolute Gasteiger partial charge is 0.347 e. The van der Waals surface area contributed by atoms with E-state index in [1.54, 1.807) is 0 Å². The lowest BCUT2D eigenvalue weighted by Crippen LogP contribution is -2.31. The van der Waals surface area contributed by atoms with Crippen molar-refractivity contribution in [3.63, 3.8) is 0 Å². The predicted octanol–water partition coefficient (Wildman–Crippen LogP) is 7.51. The third-order valence-corrected chi connectivity index (χ3v) is 7.45. The molecule has 2 heterocycles. The average molecular weight is 556 g/mol. The maximum atomic E-state index is 13.1. The maximum Gasteiger partial charge on any atom is 0.347 e. The summed E-state index contributed by atoms with van der Waals surface area (Å²) in [6, 6.07) is 16.8. The van der Waals surface area contributed by atoms with Crippen LogP contribution < -0.4 is 4.74 Å². The van der Waals surface area contributed by atoms with E-state index >= 15 is 0 Å². The monoisotopic (exact) mass is 555 g/mol. The predicted molar refractivity (Wildman–Crippen MR) is 166 cm³/mol. The van der Waals surface area contributed by atoms with Crippen LogP contribution in [0.15, 0.2) is 48.5 Å². The summed E-state index contributed by atoms with van der Waals surface area (Å²) >= 11 is 0. The van der Waals surface area contributed by atoms with Crippen LogP contribution in [0, 0.1) is 13.8 Å². The molecule has 0 aliphatic carbocycles. The third kappa shape index (κ3) is 7.35. The lowest BCUT2D eigenvalue weighted by Gasteiger charge is -2.23. The molecule has 0 bridgehead atoms. The summed E-state index contributed by atoms with van der Waals surface area (Å²) < 4.78 is 14.4. The second-order valence-electron chi connectivity index (χ2n) is 10.8. The van der Waals surface area contributed by atoms with E-state index in [0.717, 1.165) is 83.6 Å². The number of pyridine rings is 1. The van der Waals surface area contributed by atoms with Gasteiger partial charge in [0.1, 0.15) is 17.1 Å². The summed E-state index contributed by atoms with van der Waals surface area (Å²) in [4.78, 5) is 22.9. The quantitative estimate of drug-likeness (QED) is 0.151. The molecule has 4 aromatic rings. The average Bonchev–Trinajstić information content (AvgIpc) is 3.30. The van der Waals surface area contributed by atoms with Crippen LogP contribution in [-0.2, 0) is 41.8 Å². The Morgan fingerprint density at radius 1 is 0.878 bits per heavy atom. The van der Waals surface area contributed by atoms with Gasteiger partial charge in [0.15, 0.2) is 11.8 Å². The molecule has 0 amide bonds. The van der Waals surface area contributed by atoms with E-state index in [0.29, 0.717) is 19.6 Å². The maximum absolute atomic E-state index is 13.1. The number of nitrogens with zero attached hydrogens (tertiary/aromatic N) is 3. The molecule has 0 aliphatic rings. The van der Waals surface area contributed by atoms with Crippen LogP contribution in [0.3, 0.4) is 0 Å². The van der Waals surface area contributed by atoms with Gasteiger partial charge in [0.2, 0.25) is 0 Å². The molecule has 0 saturated carbocycles. The zero-order chi connectivity index (χ0) is 29.4. The lowest BCUT2D eigenvalue weighted by atomic mass is 9.97. The first-order valence-electron chi connectivity index (χ1n) is 15.2. The van der Waals surface area contributed by atoms with Gasteiger partial charge in [-0.25, -0.2) is 14.8 Å². The molecule has 4 rings (SSSR count). The van der Waals surface area contributed by atoms with Gasteiger partial charge in [-0.05, 0) is 80.3 Å². The Balaban J connectivity index is 1.72. The van der Waals surface area contributed by atoms with Gasteiger partial charge < -0.3 is 14.0 Å². The third-order valence-electron chi connectivity index (χ3n) is 7.45. The topological polar surface area (TPSA) is 66.2 Å². The highest BCUT2D eigenvalue weighted by Gasteiger charge is 2.25. The minimum absolute atomic E-state index is 0.299. The number of benzene rings is 2. The van der Waals surface area contributed by atoms with Gasteiger partial charge in [-0.3, -0.25) is 0 Å². The van der Waals surface area contributed by atoms with Crippen LogP contribution in [0.4, 0.5) is 0 Å². The second kappa shape index (κ2) is 14.3. The molecule has 6 heteroatoms. The largest absolute Gasteiger partial charge is 0.478 e. The minimum atomic E-state index is -0.661. The SMILES string of the molecule is CCCc1cc(Cn2c(CC)nc3c(C)cc(C)nc32)cc(CCC)c1OC(CCc1ccccc1)C(=O)OCC. The van der Waals surface area contributed by atoms with Crippen LogP contribution in [-0.4, -0.2) is 33.2 Å². The fourth-order valence-electron chi connectivity index (χ4n) is 5.59. The van der Waals surface area contributed by atoms with E-state index in [4.69, 9.17) is 19.4 Å². The van der Waals surface area contributed by atoms with Gasteiger partial charge in [-0.15, -0.1) is 0 Å². The number of hydrogen-bond donors (Lipinski definition) is 0. The second-order valence-corrected chi connectivity index (χ2v) is 10.8. The Hall–Kier alpha value is -3.67. The van der Waals surface area contributed by atoms with Crippen molar-refractivity contribution >= 4 is 17.1 Å². The van der Waals surface area contributed by atoms with Crippen LogP contribution in [0.5, 0.6) is 5.75 Å². The highest BCUT2D eigenvalue weighted by atomic mass is 16.6. The molecule has 2 aromatic heterocycles. The molecule has 0 aliphatic heterocycles. The first kappa shape index (κ1) is 30.3. The van der Waals surface area contributed by atoms with E-state index in [1.165, 1.54) is 11.1 Å². The molecule has 6 nitrogen and oxygen atoms in total. The number of aromatic nitrogens is 3. The van der Waals surface area contributed by atoms with Crippen LogP contribution in [0.25, 0.3) is 11.2 Å². The number of hydrogen-bond acceptors (Lipinski definition) is 5. The molecule has 41 heavy (non-hydrogen) atoms. The summed E-state index contributed by atoms with van der Waals surface area (Å²) in [5.41, 5.74) is 8.75. The Bertz CT molecular complexity index is 1430. The Morgan fingerprint density at radius 3 is 2.17 bits per heavy atom. The van der Waals surface area contributed by atoms with E-state index in [2.05, 4.69) is 62.6 Å². The number of fused-ring (bicyclic) bond motifs is 1. The van der Waals surface area contributed by atoms with Gasteiger partial charge in [0.25, 0.3) is 0 Å². The molecular formula is C35H45N3O3. The number of imidazole rings is 1. The molecule has 0 spiro atoms. The van der Waals surface area contributed by atoms with Crippen molar-refractivity contribution in [2.45, 2.75) is 99.1 Å². The Labute approximate surface area is 245 Å². The molecule has 1 unspecified atom stereocenters. The number of aryl methyl sites for hydroxylation is 6. The van der Waals surface area contributed by atoms with E-state index in [9.17, 15) is 4.79 Å². The number of ether oxygens (including phenoxy) is 2. The van der Waals surface area contributed by atoms with Crippen LogP contribution >= 0.6 is 0 Å². The van der Waals surface area contributed by atoms with E-state index in [1.807, 2.05) is 32.0 Å². The summed E-state index contributed by atoms with van der Waals surface area (Å²) in [7, 11) is 0. The van der Waals surface area contributed by atoms with Crippen LogP contribution in [0.1, 0.15) is 86.3 Å². The van der Waals surface area contributed by atoms with Gasteiger partial charge in [-0.1, -0.05) is 76.1 Å². The molecule has 0 saturated heterocycles. The molecular weight excluding hydrogens is 510 g/mol. The zero-order valence-electron chi connectivity index (χ0n) is 25.6. The summed E-state index contributed by atoms with van der Waals surface area (Å²) in [6.45, 7) is 13.5. The van der Waals surface area contributed by atoms with Crippen molar-refractivity contribution in [1.29, 1.82) is 0 Å². The Kier molecular flexibility index (Phi) is 10.6. The van der Waals surface area contributed by atoms with E-state index in [-0.39, 0.29) is 5.97 Å². The highest BCUT2D eigenvalue weighted by molar-refractivity contribution is 5.76. The lowest BCUT2D eigenvalue weighted by molar-refractivity contribution is -0.151. The Morgan fingerprint density at radius 2 is 1.56 bits per heavy atom. The van der Waals surface area contributed by atoms with Crippen molar-refractivity contribution in [2.75, 3.05) is 6.61 Å². The number of carbonyl (C=O) groups excluding carboxylic acids is 1. The summed E-state index contributed by atoms with van der Waals surface area (Å²) in [5, 5.41) is 0. The van der Waals surface area contributed by atoms with Gasteiger partial charge >= 0.3 is 5.97 Å². The van der Waals surface area contributed by atoms with E-state index < -0.39 is 6.10 Å². The molecule has 0 fully saturated rings. The number of rotatable bonds is 14. The number of carbonyl (C=O) groups is 1. The van der Waals surface area contributed by atoms with Gasteiger partial charge in [0, 0.05) is 12.1 Å². The van der Waals surface area contributed by atoms with Crippen molar-refractivity contribution in [3.8, 4) is 5.75 Å². The molecule has 1 atom stereocenters. The van der Waals surface area contributed by atoms with Crippen molar-refractivity contribution in [2.24, 2.45) is 0 Å². The number of esters is 1. The highest BCUT2D eigenvalue weighted by Crippen LogP contribution is 2.32. The van der Waals surface area contributed by atoms with Gasteiger partial charge in [-0.2, -0.15) is 0 Å². The molecule has 2 aromatic carbocycles. The van der Waals surface area contributed by atoms with Crippen molar-refractivity contribution < 1.29 is 14.3 Å². The van der Waals surface area contributed by atoms with Gasteiger partial charge in [0.05, 0.1) is 13.2 Å². The van der Waals surface area contributed by atoms with Crippen LogP contribution in [0.2, 0.25) is 0 Å². The zero-order valence-corrected chi connectivity index (χ0v) is 25.6. The normalized spacial score (nSPS) is 12.0. The molecule has 0 radical (unpaired) electrons. The van der Waals surface area contributed by atoms with Crippen molar-refractivity contribution in [3.05, 3.63) is 87.9 Å². The first-order chi connectivity index (χ1) is 19.9. The standard InChI is InChI=1S/C35H45N3O3/c1-7-14-28-21-27(23-38-31(9-3)37-32-24(5)20-25(6)36-34(32)38)22-29(15-8-2)33(28)41-30(35(39)40-10-4)19-18-26-16-12-11-13-17-26/h11-13,16-17,20-22,30H,7-10,14-15,18-19,23H2,1-6H3. The first-order valence-corrected chi connectivity index (χ1v) is 15.2. The molecule has 218 valence electrons. The minimum Gasteiger partial charge on any atom is -0.478 e. The summed E-state index contributed by atoms with van der Waals surface area (Å²) in [6.07, 6.45) is 5.18. The fraction of sp³-hybridized carbons (Fsp3) is 0.457.